The Morgan fingerprint density at radius 2 is 1.67 bits per heavy atom. The van der Waals surface area contributed by atoms with E-state index >= 15 is 0 Å². The fourth-order valence-corrected chi connectivity index (χ4v) is 3.80. The van der Waals surface area contributed by atoms with E-state index < -0.39 is 0 Å². The van der Waals surface area contributed by atoms with Crippen LogP contribution in [0, 0.1) is 11.3 Å². The molecule has 0 amide bonds. The first-order valence-electron chi connectivity index (χ1n) is 8.22. The summed E-state index contributed by atoms with van der Waals surface area (Å²) in [6.45, 7) is 0. The highest BCUT2D eigenvalue weighted by Crippen LogP contribution is 2.29. The zero-order chi connectivity index (χ0) is 18.6. The number of thiazole rings is 1. The Bertz CT molecular complexity index is 1140. The normalized spacial score (nSPS) is 11.3. The van der Waals surface area contributed by atoms with Crippen molar-refractivity contribution in [2.45, 2.75) is 0 Å². The van der Waals surface area contributed by atoms with Gasteiger partial charge in [0.1, 0.15) is 16.8 Å². The topological polar surface area (TPSA) is 49.8 Å². The summed E-state index contributed by atoms with van der Waals surface area (Å²) in [6, 6.07) is 24.3. The molecular formula is C22H13BrN2OS. The molecule has 4 rings (SSSR count). The number of benzene rings is 2. The fourth-order valence-electron chi connectivity index (χ4n) is 2.68. The molecule has 0 bridgehead atoms. The van der Waals surface area contributed by atoms with Crippen molar-refractivity contribution in [3.05, 3.63) is 87.5 Å². The van der Waals surface area contributed by atoms with Gasteiger partial charge < -0.3 is 4.42 Å². The van der Waals surface area contributed by atoms with Gasteiger partial charge in [-0.2, -0.15) is 5.26 Å². The summed E-state index contributed by atoms with van der Waals surface area (Å²) in [5, 5.41) is 12.1. The van der Waals surface area contributed by atoms with Gasteiger partial charge in [-0.05, 0) is 39.2 Å². The number of halogens is 1. The van der Waals surface area contributed by atoms with Crippen LogP contribution in [0.1, 0.15) is 10.8 Å². The van der Waals surface area contributed by atoms with Crippen molar-refractivity contribution in [1.29, 1.82) is 5.26 Å². The molecule has 0 N–H and O–H groups in total. The van der Waals surface area contributed by atoms with Gasteiger partial charge in [0.15, 0.2) is 4.67 Å². The van der Waals surface area contributed by atoms with Gasteiger partial charge in [-0.15, -0.1) is 11.3 Å². The first-order valence-corrected chi connectivity index (χ1v) is 9.89. The number of allylic oxidation sites excluding steroid dienone is 1. The molecule has 0 aliphatic carbocycles. The van der Waals surface area contributed by atoms with Gasteiger partial charge in [-0.3, -0.25) is 0 Å². The van der Waals surface area contributed by atoms with Crippen LogP contribution >= 0.6 is 27.3 Å². The number of nitriles is 1. The van der Waals surface area contributed by atoms with E-state index in [4.69, 9.17) is 4.42 Å². The van der Waals surface area contributed by atoms with Gasteiger partial charge in [0.2, 0.25) is 0 Å². The van der Waals surface area contributed by atoms with Gasteiger partial charge in [-0.25, -0.2) is 4.98 Å². The molecule has 2 heterocycles. The molecule has 0 saturated heterocycles. The zero-order valence-electron chi connectivity index (χ0n) is 14.1. The highest BCUT2D eigenvalue weighted by atomic mass is 79.9. The summed E-state index contributed by atoms with van der Waals surface area (Å²) in [7, 11) is 0. The SMILES string of the molecule is N#CC(=Cc1ccc(Br)o1)c1nc(-c2ccc(-c3ccccc3)cc2)cs1. The van der Waals surface area contributed by atoms with Crippen LogP contribution in [0.5, 0.6) is 0 Å². The van der Waals surface area contributed by atoms with E-state index in [-0.39, 0.29) is 0 Å². The van der Waals surface area contributed by atoms with Crippen LogP contribution in [0.3, 0.4) is 0 Å². The van der Waals surface area contributed by atoms with Crippen molar-refractivity contribution in [2.24, 2.45) is 0 Å². The highest BCUT2D eigenvalue weighted by Gasteiger charge is 2.10. The maximum absolute atomic E-state index is 9.48. The number of hydrogen-bond donors (Lipinski definition) is 0. The fraction of sp³-hybridized carbons (Fsp3) is 0. The van der Waals surface area contributed by atoms with Crippen LogP contribution in [0.15, 0.2) is 81.2 Å². The third kappa shape index (κ3) is 3.92. The summed E-state index contributed by atoms with van der Waals surface area (Å²) in [5.41, 5.74) is 4.71. The number of nitrogens with zero attached hydrogens (tertiary/aromatic N) is 2. The Labute approximate surface area is 169 Å². The molecule has 0 radical (unpaired) electrons. The van der Waals surface area contributed by atoms with Gasteiger partial charge in [0.25, 0.3) is 0 Å². The molecule has 3 nitrogen and oxygen atoms in total. The second kappa shape index (κ2) is 7.75. The molecule has 5 heteroatoms. The van der Waals surface area contributed by atoms with E-state index in [0.29, 0.717) is 21.0 Å². The summed E-state index contributed by atoms with van der Waals surface area (Å²) in [5.74, 6) is 0.613. The first-order chi connectivity index (χ1) is 13.2. The van der Waals surface area contributed by atoms with Crippen LogP contribution in [-0.4, -0.2) is 4.98 Å². The number of hydrogen-bond acceptors (Lipinski definition) is 4. The number of rotatable bonds is 4. The van der Waals surface area contributed by atoms with E-state index in [9.17, 15) is 5.26 Å². The summed E-state index contributed by atoms with van der Waals surface area (Å²) in [4.78, 5) is 4.63. The Kier molecular flexibility index (Phi) is 5.01. The molecule has 2 aromatic heterocycles. The van der Waals surface area contributed by atoms with E-state index in [1.807, 2.05) is 23.6 Å². The van der Waals surface area contributed by atoms with Crippen molar-refractivity contribution in [3.8, 4) is 28.5 Å². The van der Waals surface area contributed by atoms with Crippen molar-refractivity contribution in [2.75, 3.05) is 0 Å². The molecule has 4 aromatic rings. The van der Waals surface area contributed by atoms with Crippen molar-refractivity contribution in [1.82, 2.24) is 4.98 Å². The molecule has 0 spiro atoms. The summed E-state index contributed by atoms with van der Waals surface area (Å²) in [6.07, 6.45) is 1.70. The molecule has 0 aliphatic rings. The maximum atomic E-state index is 9.48. The minimum Gasteiger partial charge on any atom is -0.450 e. The summed E-state index contributed by atoms with van der Waals surface area (Å²) < 4.78 is 6.08. The van der Waals surface area contributed by atoms with Crippen LogP contribution in [0.25, 0.3) is 34.0 Å². The van der Waals surface area contributed by atoms with E-state index in [1.54, 1.807) is 18.2 Å². The van der Waals surface area contributed by atoms with Crippen LogP contribution < -0.4 is 0 Å². The predicted molar refractivity (Wildman–Crippen MR) is 113 cm³/mol. The lowest BCUT2D eigenvalue weighted by molar-refractivity contribution is 0.532. The minimum absolute atomic E-state index is 0.481. The zero-order valence-corrected chi connectivity index (χ0v) is 16.5. The third-order valence-electron chi connectivity index (χ3n) is 4.02. The van der Waals surface area contributed by atoms with Gasteiger partial charge in [0, 0.05) is 17.0 Å². The summed E-state index contributed by atoms with van der Waals surface area (Å²) >= 11 is 4.71. The average molecular weight is 433 g/mol. The van der Waals surface area contributed by atoms with Crippen LogP contribution in [0.2, 0.25) is 0 Å². The molecule has 130 valence electrons. The standard InChI is InChI=1S/C22H13BrN2OS/c23-21-11-10-19(26-21)12-18(13-24)22-25-20(14-27-22)17-8-6-16(7-9-17)15-4-2-1-3-5-15/h1-12,14H. The van der Waals surface area contributed by atoms with Crippen LogP contribution in [0.4, 0.5) is 0 Å². The van der Waals surface area contributed by atoms with Crippen molar-refractivity contribution in [3.63, 3.8) is 0 Å². The molecule has 2 aromatic carbocycles. The van der Waals surface area contributed by atoms with Crippen LogP contribution in [-0.2, 0) is 0 Å². The third-order valence-corrected chi connectivity index (χ3v) is 5.33. The monoisotopic (exact) mass is 432 g/mol. The Hall–Kier alpha value is -2.94. The van der Waals surface area contributed by atoms with Gasteiger partial charge >= 0.3 is 0 Å². The Balaban J connectivity index is 1.60. The molecule has 0 fully saturated rings. The first kappa shape index (κ1) is 17.5. The molecule has 0 aliphatic heterocycles. The predicted octanol–water partition coefficient (Wildman–Crippen LogP) is 6.90. The van der Waals surface area contributed by atoms with E-state index in [2.05, 4.69) is 63.4 Å². The molecule has 27 heavy (non-hydrogen) atoms. The van der Waals surface area contributed by atoms with E-state index in [1.165, 1.54) is 16.9 Å². The maximum Gasteiger partial charge on any atom is 0.169 e. The number of furan rings is 1. The minimum atomic E-state index is 0.481. The molecule has 0 atom stereocenters. The number of aromatic nitrogens is 1. The smallest absolute Gasteiger partial charge is 0.169 e. The molecule has 0 saturated carbocycles. The quantitative estimate of drug-likeness (QED) is 0.329. The lowest BCUT2D eigenvalue weighted by Gasteiger charge is -2.02. The molecular weight excluding hydrogens is 420 g/mol. The second-order valence-electron chi connectivity index (χ2n) is 5.79. The second-order valence-corrected chi connectivity index (χ2v) is 7.43. The highest BCUT2D eigenvalue weighted by molar-refractivity contribution is 9.10. The average Bonchev–Trinajstić information content (AvgIpc) is 3.36. The van der Waals surface area contributed by atoms with Crippen molar-refractivity contribution < 1.29 is 4.42 Å². The largest absolute Gasteiger partial charge is 0.450 e. The van der Waals surface area contributed by atoms with Gasteiger partial charge in [-0.1, -0.05) is 54.6 Å². The lowest BCUT2D eigenvalue weighted by Crippen LogP contribution is -1.83. The Morgan fingerprint density at radius 3 is 2.33 bits per heavy atom. The Morgan fingerprint density at radius 1 is 0.963 bits per heavy atom. The molecule has 0 unspecified atom stereocenters. The van der Waals surface area contributed by atoms with Crippen molar-refractivity contribution >= 4 is 38.9 Å². The lowest BCUT2D eigenvalue weighted by atomic mass is 10.0. The van der Waals surface area contributed by atoms with Gasteiger partial charge in [0.05, 0.1) is 11.3 Å². The van der Waals surface area contributed by atoms with E-state index in [0.717, 1.165) is 16.8 Å².